The average molecular weight is 356 g/mol. The van der Waals surface area contributed by atoms with Crippen molar-refractivity contribution in [1.29, 1.82) is 0 Å². The van der Waals surface area contributed by atoms with Crippen LogP contribution >= 0.6 is 0 Å². The summed E-state index contributed by atoms with van der Waals surface area (Å²) in [5.41, 5.74) is 1.24. The molecule has 0 bridgehead atoms. The van der Waals surface area contributed by atoms with E-state index >= 15 is 0 Å². The van der Waals surface area contributed by atoms with E-state index < -0.39 is 5.97 Å². The van der Waals surface area contributed by atoms with E-state index in [2.05, 4.69) is 41.3 Å². The third kappa shape index (κ3) is 4.34. The molecule has 0 radical (unpaired) electrons. The van der Waals surface area contributed by atoms with Crippen molar-refractivity contribution < 1.29 is 14.6 Å². The minimum absolute atomic E-state index is 0.113. The van der Waals surface area contributed by atoms with Crippen LogP contribution in [0.4, 0.5) is 0 Å². The highest BCUT2D eigenvalue weighted by atomic mass is 16.5. The van der Waals surface area contributed by atoms with Crippen molar-refractivity contribution in [1.82, 2.24) is 9.80 Å². The quantitative estimate of drug-likeness (QED) is 0.861. The first-order valence-corrected chi connectivity index (χ1v) is 9.27. The van der Waals surface area contributed by atoms with Crippen LogP contribution in [-0.2, 0) is 11.3 Å². The lowest BCUT2D eigenvalue weighted by atomic mass is 10.0. The second-order valence-corrected chi connectivity index (χ2v) is 7.14. The van der Waals surface area contributed by atoms with Crippen LogP contribution < -0.4 is 4.74 Å². The maximum atomic E-state index is 11.0. The minimum Gasteiger partial charge on any atom is -0.496 e. The number of carboxylic acids is 1. The Hall–Kier alpha value is -2.11. The van der Waals surface area contributed by atoms with Gasteiger partial charge in [0.05, 0.1) is 13.7 Å². The molecule has 0 saturated carbocycles. The Kier molecular flexibility index (Phi) is 6.12. The van der Waals surface area contributed by atoms with E-state index in [1.165, 1.54) is 16.3 Å². The zero-order chi connectivity index (χ0) is 18.5. The molecule has 5 nitrogen and oxygen atoms in total. The second-order valence-electron chi connectivity index (χ2n) is 7.14. The Morgan fingerprint density at radius 1 is 1.23 bits per heavy atom. The molecule has 1 aliphatic heterocycles. The fraction of sp³-hybridized carbons (Fsp3) is 0.476. The molecular formula is C21H28N2O3. The second kappa shape index (κ2) is 8.52. The van der Waals surface area contributed by atoms with Gasteiger partial charge in [-0.25, -0.2) is 0 Å². The summed E-state index contributed by atoms with van der Waals surface area (Å²) in [5, 5.41) is 11.5. The first-order chi connectivity index (χ1) is 12.6. The highest BCUT2D eigenvalue weighted by Gasteiger charge is 2.22. The topological polar surface area (TPSA) is 53.0 Å². The van der Waals surface area contributed by atoms with Crippen LogP contribution in [0.2, 0.25) is 0 Å². The molecule has 1 aliphatic rings. The molecule has 0 spiro atoms. The van der Waals surface area contributed by atoms with Crippen LogP contribution in [0.15, 0.2) is 36.4 Å². The van der Waals surface area contributed by atoms with E-state index in [0.29, 0.717) is 6.04 Å². The first kappa shape index (κ1) is 18.7. The fourth-order valence-corrected chi connectivity index (χ4v) is 3.97. The number of benzene rings is 2. The summed E-state index contributed by atoms with van der Waals surface area (Å²) in [6.45, 7) is 2.98. The zero-order valence-electron chi connectivity index (χ0n) is 15.6. The van der Waals surface area contributed by atoms with Gasteiger partial charge in [-0.1, -0.05) is 30.3 Å². The number of likely N-dealkylation sites (N-methyl/N-ethyl adjacent to an activating group) is 1. The van der Waals surface area contributed by atoms with Crippen molar-refractivity contribution in [3.63, 3.8) is 0 Å². The molecule has 1 atom stereocenters. The maximum absolute atomic E-state index is 11.0. The van der Waals surface area contributed by atoms with Gasteiger partial charge in [-0.2, -0.15) is 0 Å². The molecule has 2 aromatic carbocycles. The number of nitrogens with zero attached hydrogens (tertiary/aromatic N) is 2. The Morgan fingerprint density at radius 3 is 2.81 bits per heavy atom. The summed E-state index contributed by atoms with van der Waals surface area (Å²) < 4.78 is 5.63. The largest absolute Gasteiger partial charge is 0.496 e. The number of hydrogen-bond donors (Lipinski definition) is 1. The van der Waals surface area contributed by atoms with Gasteiger partial charge in [0.1, 0.15) is 5.75 Å². The summed E-state index contributed by atoms with van der Waals surface area (Å²) in [6, 6.07) is 12.9. The number of likely N-dealkylation sites (tertiary alicyclic amines) is 1. The van der Waals surface area contributed by atoms with E-state index in [4.69, 9.17) is 9.84 Å². The Bertz CT molecular complexity index is 762. The van der Waals surface area contributed by atoms with E-state index in [-0.39, 0.29) is 6.54 Å². The van der Waals surface area contributed by atoms with Gasteiger partial charge in [0, 0.05) is 18.2 Å². The standard InChI is InChI=1S/C21H28N2O3/c1-22(15-21(24)25)17-7-5-12-23(13-11-17)14-19-18-8-4-3-6-16(18)9-10-20(19)26-2/h3-4,6,8-10,17H,5,7,11-15H2,1-2H3,(H,24,25). The van der Waals surface area contributed by atoms with Gasteiger partial charge in [-0.05, 0) is 56.2 Å². The lowest BCUT2D eigenvalue weighted by Gasteiger charge is -2.26. The van der Waals surface area contributed by atoms with Crippen molar-refractivity contribution >= 4 is 16.7 Å². The molecule has 1 heterocycles. The van der Waals surface area contributed by atoms with Crippen LogP contribution in [-0.4, -0.2) is 60.7 Å². The van der Waals surface area contributed by atoms with Crippen molar-refractivity contribution in [2.45, 2.75) is 31.8 Å². The molecular weight excluding hydrogens is 328 g/mol. The van der Waals surface area contributed by atoms with Crippen LogP contribution in [0.5, 0.6) is 5.75 Å². The van der Waals surface area contributed by atoms with Crippen LogP contribution in [0, 0.1) is 0 Å². The molecule has 1 fully saturated rings. The number of carboxylic acid groups (broad SMARTS) is 1. The number of rotatable bonds is 6. The number of fused-ring (bicyclic) bond motifs is 1. The fourth-order valence-electron chi connectivity index (χ4n) is 3.97. The highest BCUT2D eigenvalue weighted by molar-refractivity contribution is 5.87. The maximum Gasteiger partial charge on any atom is 0.317 e. The predicted molar refractivity (Wildman–Crippen MR) is 104 cm³/mol. The third-order valence-corrected chi connectivity index (χ3v) is 5.40. The predicted octanol–water partition coefficient (Wildman–Crippen LogP) is 3.22. The number of hydrogen-bond acceptors (Lipinski definition) is 4. The van der Waals surface area contributed by atoms with Gasteiger partial charge in [0.25, 0.3) is 0 Å². The Morgan fingerprint density at radius 2 is 2.04 bits per heavy atom. The molecule has 2 aromatic rings. The molecule has 1 N–H and O–H groups in total. The van der Waals surface area contributed by atoms with Gasteiger partial charge < -0.3 is 9.84 Å². The molecule has 140 valence electrons. The lowest BCUT2D eigenvalue weighted by molar-refractivity contribution is -0.138. The Labute approximate surface area is 155 Å². The normalized spacial score (nSPS) is 18.8. The molecule has 1 unspecified atom stereocenters. The molecule has 0 aliphatic carbocycles. The van der Waals surface area contributed by atoms with Gasteiger partial charge in [0.15, 0.2) is 0 Å². The summed E-state index contributed by atoms with van der Waals surface area (Å²) in [6.07, 6.45) is 3.13. The van der Waals surface area contributed by atoms with Gasteiger partial charge in [-0.3, -0.25) is 14.6 Å². The number of ether oxygens (including phenoxy) is 1. The van der Waals surface area contributed by atoms with Gasteiger partial charge in [-0.15, -0.1) is 0 Å². The molecule has 3 rings (SSSR count). The first-order valence-electron chi connectivity index (χ1n) is 9.27. The summed E-state index contributed by atoms with van der Waals surface area (Å²) >= 11 is 0. The number of carbonyl (C=O) groups is 1. The van der Waals surface area contributed by atoms with Crippen LogP contribution in [0.3, 0.4) is 0 Å². The van der Waals surface area contributed by atoms with E-state index in [0.717, 1.165) is 44.6 Å². The molecule has 5 heteroatoms. The SMILES string of the molecule is COc1ccc2ccccc2c1CN1CCCC(N(C)CC(=O)O)CC1. The number of aliphatic carboxylic acids is 1. The van der Waals surface area contributed by atoms with Crippen molar-refractivity contribution in [3.8, 4) is 5.75 Å². The van der Waals surface area contributed by atoms with E-state index in [1.807, 2.05) is 11.9 Å². The van der Waals surface area contributed by atoms with Gasteiger partial charge in [0.2, 0.25) is 0 Å². The molecule has 0 aromatic heterocycles. The summed E-state index contributed by atoms with van der Waals surface area (Å²) in [5.74, 6) is 0.182. The summed E-state index contributed by atoms with van der Waals surface area (Å²) in [4.78, 5) is 15.4. The van der Waals surface area contributed by atoms with Crippen molar-refractivity contribution in [2.75, 3.05) is 33.8 Å². The average Bonchev–Trinajstić information content (AvgIpc) is 2.87. The number of methoxy groups -OCH3 is 1. The Balaban J connectivity index is 1.74. The smallest absolute Gasteiger partial charge is 0.317 e. The monoisotopic (exact) mass is 356 g/mol. The zero-order valence-corrected chi connectivity index (χ0v) is 15.6. The van der Waals surface area contributed by atoms with Crippen LogP contribution in [0.1, 0.15) is 24.8 Å². The van der Waals surface area contributed by atoms with Gasteiger partial charge >= 0.3 is 5.97 Å². The molecule has 0 amide bonds. The van der Waals surface area contributed by atoms with E-state index in [9.17, 15) is 4.79 Å². The molecule has 26 heavy (non-hydrogen) atoms. The molecule has 1 saturated heterocycles. The minimum atomic E-state index is -0.755. The van der Waals surface area contributed by atoms with E-state index in [1.54, 1.807) is 7.11 Å². The third-order valence-electron chi connectivity index (χ3n) is 5.40. The van der Waals surface area contributed by atoms with Crippen molar-refractivity contribution in [2.24, 2.45) is 0 Å². The summed E-state index contributed by atoms with van der Waals surface area (Å²) in [7, 11) is 3.65. The van der Waals surface area contributed by atoms with Crippen LogP contribution in [0.25, 0.3) is 10.8 Å². The lowest BCUT2D eigenvalue weighted by Crippen LogP contribution is -2.36. The van der Waals surface area contributed by atoms with Crippen molar-refractivity contribution in [3.05, 3.63) is 42.0 Å². The highest BCUT2D eigenvalue weighted by Crippen LogP contribution is 2.30.